The lowest BCUT2D eigenvalue weighted by Crippen LogP contribution is -2.13. The summed E-state index contributed by atoms with van der Waals surface area (Å²) in [4.78, 5) is 16.8. The highest BCUT2D eigenvalue weighted by Crippen LogP contribution is 2.20. The van der Waals surface area contributed by atoms with Crippen LogP contribution in [0.5, 0.6) is 0 Å². The predicted molar refractivity (Wildman–Crippen MR) is 84.4 cm³/mol. The van der Waals surface area contributed by atoms with Crippen molar-refractivity contribution in [3.05, 3.63) is 45.9 Å². The Morgan fingerprint density at radius 3 is 2.67 bits per heavy atom. The monoisotopic (exact) mass is 324 g/mol. The van der Waals surface area contributed by atoms with E-state index in [0.29, 0.717) is 16.1 Å². The number of anilines is 1. The number of hydrogen-bond donors (Lipinski definition) is 1. The van der Waals surface area contributed by atoms with Crippen LogP contribution in [0.25, 0.3) is 0 Å². The van der Waals surface area contributed by atoms with Gasteiger partial charge in [0.15, 0.2) is 9.84 Å². The van der Waals surface area contributed by atoms with Crippen molar-refractivity contribution < 1.29 is 13.2 Å². The van der Waals surface area contributed by atoms with Crippen LogP contribution in [0, 0.1) is 0 Å². The predicted octanol–water partition coefficient (Wildman–Crippen LogP) is 2.50. The van der Waals surface area contributed by atoms with Crippen molar-refractivity contribution in [1.82, 2.24) is 4.98 Å². The second kappa shape index (κ2) is 6.36. The van der Waals surface area contributed by atoms with Gasteiger partial charge in [-0.25, -0.2) is 13.4 Å². The molecule has 1 N–H and O–H groups in total. The number of amides is 1. The zero-order valence-corrected chi connectivity index (χ0v) is 13.4. The van der Waals surface area contributed by atoms with Gasteiger partial charge in [0.25, 0.3) is 5.91 Å². The van der Waals surface area contributed by atoms with E-state index in [0.717, 1.165) is 11.4 Å². The molecule has 0 aliphatic carbocycles. The van der Waals surface area contributed by atoms with Crippen molar-refractivity contribution in [3.63, 3.8) is 0 Å². The average Bonchev–Trinajstić information content (AvgIpc) is 2.88. The third-order valence-corrected chi connectivity index (χ3v) is 4.74. The summed E-state index contributed by atoms with van der Waals surface area (Å²) in [6.45, 7) is 1.97. The van der Waals surface area contributed by atoms with Gasteiger partial charge in [-0.1, -0.05) is 25.1 Å². The van der Waals surface area contributed by atoms with Crippen LogP contribution in [0.15, 0.2) is 30.5 Å². The van der Waals surface area contributed by atoms with Crippen molar-refractivity contribution in [2.24, 2.45) is 0 Å². The van der Waals surface area contributed by atoms with E-state index >= 15 is 0 Å². The molecular weight excluding hydrogens is 308 g/mol. The minimum atomic E-state index is -3.16. The normalized spacial score (nSPS) is 11.3. The van der Waals surface area contributed by atoms with E-state index in [1.807, 2.05) is 6.92 Å². The van der Waals surface area contributed by atoms with Crippen LogP contribution in [0.4, 0.5) is 5.69 Å². The third kappa shape index (κ3) is 4.37. The quantitative estimate of drug-likeness (QED) is 0.917. The lowest BCUT2D eigenvalue weighted by atomic mass is 10.2. The van der Waals surface area contributed by atoms with Gasteiger partial charge < -0.3 is 5.32 Å². The zero-order chi connectivity index (χ0) is 15.5. The van der Waals surface area contributed by atoms with Gasteiger partial charge in [-0.15, -0.1) is 11.3 Å². The fraction of sp³-hybridized carbons (Fsp3) is 0.286. The standard InChI is InChI=1S/C14H16N2O3S2/c1-3-13-15-8-12(20-13)14(17)16-11-7-5-4-6-10(11)9-21(2,18)19/h4-8H,3,9H2,1-2H3,(H,16,17). The summed E-state index contributed by atoms with van der Waals surface area (Å²) < 4.78 is 22.9. The molecule has 2 aromatic rings. The summed E-state index contributed by atoms with van der Waals surface area (Å²) in [5.41, 5.74) is 1.09. The fourth-order valence-electron chi connectivity index (χ4n) is 1.81. The fourth-order valence-corrected chi connectivity index (χ4v) is 3.38. The Hall–Kier alpha value is -1.73. The Bertz CT molecular complexity index is 751. The molecule has 0 fully saturated rings. The van der Waals surface area contributed by atoms with Gasteiger partial charge in [0.2, 0.25) is 0 Å². The first-order chi connectivity index (χ1) is 9.89. The van der Waals surface area contributed by atoms with Gasteiger partial charge in [-0.05, 0) is 18.1 Å². The first-order valence-electron chi connectivity index (χ1n) is 6.40. The molecule has 1 aromatic heterocycles. The largest absolute Gasteiger partial charge is 0.321 e. The lowest BCUT2D eigenvalue weighted by Gasteiger charge is -2.09. The Morgan fingerprint density at radius 1 is 1.33 bits per heavy atom. The first kappa shape index (κ1) is 15.7. The highest BCUT2D eigenvalue weighted by atomic mass is 32.2. The molecule has 0 saturated carbocycles. The molecule has 0 aliphatic heterocycles. The van der Waals surface area contributed by atoms with Crippen molar-refractivity contribution in [3.8, 4) is 0 Å². The minimum absolute atomic E-state index is 0.105. The molecule has 21 heavy (non-hydrogen) atoms. The van der Waals surface area contributed by atoms with Crippen LogP contribution in [0.1, 0.15) is 27.2 Å². The van der Waals surface area contributed by atoms with Crippen LogP contribution >= 0.6 is 11.3 Å². The molecule has 0 saturated heterocycles. The van der Waals surface area contributed by atoms with Crippen LogP contribution < -0.4 is 5.32 Å². The zero-order valence-electron chi connectivity index (χ0n) is 11.8. The Morgan fingerprint density at radius 2 is 2.05 bits per heavy atom. The highest BCUT2D eigenvalue weighted by Gasteiger charge is 2.14. The summed E-state index contributed by atoms with van der Waals surface area (Å²) in [5, 5.41) is 3.65. The van der Waals surface area contributed by atoms with Crippen molar-refractivity contribution in [2.75, 3.05) is 11.6 Å². The number of nitrogens with zero attached hydrogens (tertiary/aromatic N) is 1. The van der Waals surface area contributed by atoms with E-state index in [9.17, 15) is 13.2 Å². The van der Waals surface area contributed by atoms with E-state index in [1.165, 1.54) is 23.8 Å². The molecule has 0 spiro atoms. The molecule has 112 valence electrons. The maximum Gasteiger partial charge on any atom is 0.267 e. The molecule has 0 unspecified atom stereocenters. The number of thiazole rings is 1. The third-order valence-electron chi connectivity index (χ3n) is 2.76. The Kier molecular flexibility index (Phi) is 4.74. The maximum atomic E-state index is 12.2. The molecule has 1 aromatic carbocycles. The number of benzene rings is 1. The van der Waals surface area contributed by atoms with Crippen molar-refractivity contribution in [1.29, 1.82) is 0 Å². The van der Waals surface area contributed by atoms with Crippen LogP contribution in [0.3, 0.4) is 0 Å². The molecule has 7 heteroatoms. The first-order valence-corrected chi connectivity index (χ1v) is 9.28. The topological polar surface area (TPSA) is 76.1 Å². The number of nitrogens with one attached hydrogen (secondary N) is 1. The second-order valence-corrected chi connectivity index (χ2v) is 7.91. The van der Waals surface area contributed by atoms with Crippen molar-refractivity contribution in [2.45, 2.75) is 19.1 Å². The summed E-state index contributed by atoms with van der Waals surface area (Å²) in [5.74, 6) is -0.375. The number of carbonyl (C=O) groups is 1. The number of hydrogen-bond acceptors (Lipinski definition) is 5. The molecule has 0 bridgehead atoms. The van der Waals surface area contributed by atoms with Gasteiger partial charge in [-0.3, -0.25) is 4.79 Å². The minimum Gasteiger partial charge on any atom is -0.321 e. The SMILES string of the molecule is CCc1ncc(C(=O)Nc2ccccc2CS(C)(=O)=O)s1. The summed E-state index contributed by atoms with van der Waals surface area (Å²) in [7, 11) is -3.16. The van der Waals surface area contributed by atoms with Gasteiger partial charge in [0, 0.05) is 11.9 Å². The number of carbonyl (C=O) groups excluding carboxylic acids is 1. The second-order valence-electron chi connectivity index (χ2n) is 4.65. The van der Waals surface area contributed by atoms with E-state index in [1.54, 1.807) is 24.3 Å². The molecular formula is C14H16N2O3S2. The number of aryl methyl sites for hydroxylation is 1. The number of rotatable bonds is 5. The number of aromatic nitrogens is 1. The molecule has 1 amide bonds. The smallest absolute Gasteiger partial charge is 0.267 e. The van der Waals surface area contributed by atoms with Crippen molar-refractivity contribution >= 4 is 32.8 Å². The summed E-state index contributed by atoms with van der Waals surface area (Å²) in [6, 6.07) is 6.89. The van der Waals surface area contributed by atoms with Gasteiger partial charge in [0.05, 0.1) is 17.0 Å². The maximum absolute atomic E-state index is 12.2. The summed E-state index contributed by atoms with van der Waals surface area (Å²) >= 11 is 1.34. The molecule has 0 radical (unpaired) electrons. The molecule has 1 heterocycles. The van der Waals surface area contributed by atoms with Crippen LogP contribution in [-0.2, 0) is 22.0 Å². The summed E-state index contributed by atoms with van der Waals surface area (Å²) in [6.07, 6.45) is 3.49. The van der Waals surface area contributed by atoms with Crippen LogP contribution in [0.2, 0.25) is 0 Å². The van der Waals surface area contributed by atoms with E-state index in [-0.39, 0.29) is 11.7 Å². The molecule has 5 nitrogen and oxygen atoms in total. The van der Waals surface area contributed by atoms with E-state index in [4.69, 9.17) is 0 Å². The highest BCUT2D eigenvalue weighted by molar-refractivity contribution is 7.89. The average molecular weight is 324 g/mol. The number of sulfone groups is 1. The van der Waals surface area contributed by atoms with Gasteiger partial charge in [-0.2, -0.15) is 0 Å². The van der Waals surface area contributed by atoms with Gasteiger partial charge in [0.1, 0.15) is 4.88 Å². The lowest BCUT2D eigenvalue weighted by molar-refractivity contribution is 0.103. The van der Waals surface area contributed by atoms with E-state index < -0.39 is 9.84 Å². The van der Waals surface area contributed by atoms with Crippen LogP contribution in [-0.4, -0.2) is 25.6 Å². The molecule has 2 rings (SSSR count). The Balaban J connectivity index is 2.21. The number of para-hydroxylation sites is 1. The van der Waals surface area contributed by atoms with E-state index in [2.05, 4.69) is 10.3 Å². The molecule has 0 aliphatic rings. The Labute approximate surface area is 128 Å². The van der Waals surface area contributed by atoms with Gasteiger partial charge >= 0.3 is 0 Å². The molecule has 0 atom stereocenters.